The summed E-state index contributed by atoms with van der Waals surface area (Å²) in [4.78, 5) is 50.4. The van der Waals surface area contributed by atoms with E-state index in [1.165, 1.54) is 17.6 Å². The number of ether oxygens (including phenoxy) is 1. The van der Waals surface area contributed by atoms with Gasteiger partial charge in [-0.15, -0.1) is 6.58 Å². The molecule has 1 saturated carbocycles. The highest BCUT2D eigenvalue weighted by Gasteiger charge is 2.45. The van der Waals surface area contributed by atoms with Crippen LogP contribution in [0.3, 0.4) is 0 Å². The fourth-order valence-corrected chi connectivity index (χ4v) is 6.44. The van der Waals surface area contributed by atoms with E-state index >= 15 is 0 Å². The molecule has 1 aliphatic rings. The number of alkyl carbamates (subject to hydrolysis) is 1. The van der Waals surface area contributed by atoms with Gasteiger partial charge in [0.25, 0.3) is 5.91 Å². The molecule has 1 aromatic heterocycles. The summed E-state index contributed by atoms with van der Waals surface area (Å²) >= 11 is 0. The minimum atomic E-state index is -1.74. The number of amides is 3. The molecule has 3 amide bonds. The second-order valence-corrected chi connectivity index (χ2v) is 14.7. The third kappa shape index (κ3) is 10.9. The van der Waals surface area contributed by atoms with E-state index in [9.17, 15) is 19.5 Å². The van der Waals surface area contributed by atoms with E-state index in [4.69, 9.17) is 4.74 Å². The second kappa shape index (κ2) is 16.9. The Morgan fingerprint density at radius 2 is 1.79 bits per heavy atom. The molecule has 1 aliphatic carbocycles. The molecule has 47 heavy (non-hydrogen) atoms. The monoisotopic (exact) mass is 651 g/mol. The van der Waals surface area contributed by atoms with Crippen molar-refractivity contribution in [2.24, 2.45) is 17.8 Å². The number of nitrogens with zero attached hydrogens (tertiary/aromatic N) is 2. The second-order valence-electron chi connectivity index (χ2n) is 14.7. The summed E-state index contributed by atoms with van der Waals surface area (Å²) in [5.41, 5.74) is -1.21. The van der Waals surface area contributed by atoms with Crippen LogP contribution in [0.1, 0.15) is 97.7 Å². The molecule has 10 heteroatoms. The third-order valence-electron chi connectivity index (χ3n) is 9.34. The van der Waals surface area contributed by atoms with Crippen LogP contribution in [0.5, 0.6) is 0 Å². The van der Waals surface area contributed by atoms with Gasteiger partial charge in [-0.05, 0) is 58.3 Å². The van der Waals surface area contributed by atoms with Gasteiger partial charge < -0.3 is 30.4 Å². The standard InChI is InChI=1S/C37H57N5O5/c1-9-27(25(2)3)21-32(43)30(20-26-16-12-10-13-17-26)40-33(44)31(22-29-23-38-24-39-29)42(8)34(45)37(7,28-18-14-11-15-19-28)47-35(46)41-36(4,5)6/h9,11,14-15,18-19,23-27,30-32,43H,1,10,12-13,16-17,20-22H2,2-8H3,(H,38,39)(H,40,44)(H,41,46)/t27-,30-,31-,32-,37-/m0/s1. The van der Waals surface area contributed by atoms with Crippen molar-refractivity contribution in [3.8, 4) is 0 Å². The van der Waals surface area contributed by atoms with Crippen molar-refractivity contribution in [2.45, 2.75) is 122 Å². The van der Waals surface area contributed by atoms with Crippen molar-refractivity contribution in [1.82, 2.24) is 25.5 Å². The number of aliphatic hydroxyl groups is 1. The summed E-state index contributed by atoms with van der Waals surface area (Å²) in [6.07, 6.45) is 10.4. The van der Waals surface area contributed by atoms with E-state index in [0.29, 0.717) is 30.0 Å². The SMILES string of the molecule is C=C[C@@H](C[C@H](O)[C@H](CC1CCCCC1)NC(=O)[C@H](Cc1cnc[nH]1)N(C)C(=O)[C@@](C)(OC(=O)NC(C)(C)C)c1ccccc1)C(C)C. The fraction of sp³-hybridized carbons (Fsp3) is 0.622. The molecule has 0 radical (unpaired) electrons. The molecular formula is C37H57N5O5. The van der Waals surface area contributed by atoms with Gasteiger partial charge in [0.15, 0.2) is 0 Å². The molecule has 1 fully saturated rings. The van der Waals surface area contributed by atoms with E-state index < -0.39 is 47.2 Å². The smallest absolute Gasteiger partial charge is 0.408 e. The van der Waals surface area contributed by atoms with Crippen LogP contribution in [-0.4, -0.2) is 68.7 Å². The molecule has 1 aromatic carbocycles. The summed E-state index contributed by atoms with van der Waals surface area (Å²) in [7, 11) is 1.55. The molecule has 3 rings (SSSR count). The van der Waals surface area contributed by atoms with Gasteiger partial charge >= 0.3 is 6.09 Å². The first-order chi connectivity index (χ1) is 22.1. The van der Waals surface area contributed by atoms with Gasteiger partial charge in [-0.3, -0.25) is 9.59 Å². The van der Waals surface area contributed by atoms with E-state index in [1.807, 2.05) is 32.9 Å². The number of aromatic amines is 1. The lowest BCUT2D eigenvalue weighted by atomic mass is 9.81. The van der Waals surface area contributed by atoms with Crippen LogP contribution in [0, 0.1) is 17.8 Å². The summed E-state index contributed by atoms with van der Waals surface area (Å²) in [5, 5.41) is 17.5. The van der Waals surface area contributed by atoms with Crippen LogP contribution in [0.15, 0.2) is 55.5 Å². The van der Waals surface area contributed by atoms with Crippen LogP contribution in [0.4, 0.5) is 4.79 Å². The number of rotatable bonds is 15. The quantitative estimate of drug-likeness (QED) is 0.178. The summed E-state index contributed by atoms with van der Waals surface area (Å²) in [6.45, 7) is 15.2. The zero-order valence-corrected chi connectivity index (χ0v) is 29.4. The number of likely N-dealkylation sites (N-methyl/N-ethyl adjacent to an activating group) is 1. The van der Waals surface area contributed by atoms with Crippen molar-refractivity contribution in [2.75, 3.05) is 7.05 Å². The zero-order chi connectivity index (χ0) is 34.8. The van der Waals surface area contributed by atoms with Crippen molar-refractivity contribution < 1.29 is 24.2 Å². The van der Waals surface area contributed by atoms with Gasteiger partial charge in [-0.25, -0.2) is 9.78 Å². The molecule has 2 aromatic rings. The topological polar surface area (TPSA) is 137 Å². The highest BCUT2D eigenvalue weighted by atomic mass is 16.6. The summed E-state index contributed by atoms with van der Waals surface area (Å²) in [6, 6.07) is 7.30. The number of carbonyl (C=O) groups is 3. The number of allylic oxidation sites excluding steroid dienone is 1. The first-order valence-corrected chi connectivity index (χ1v) is 17.1. The molecule has 0 unspecified atom stereocenters. The van der Waals surface area contributed by atoms with E-state index in [-0.39, 0.29) is 18.3 Å². The van der Waals surface area contributed by atoms with Crippen LogP contribution < -0.4 is 10.6 Å². The third-order valence-corrected chi connectivity index (χ3v) is 9.34. The minimum absolute atomic E-state index is 0.0868. The maximum Gasteiger partial charge on any atom is 0.408 e. The van der Waals surface area contributed by atoms with Gasteiger partial charge in [-0.2, -0.15) is 0 Å². The van der Waals surface area contributed by atoms with Gasteiger partial charge in [0.05, 0.1) is 18.5 Å². The van der Waals surface area contributed by atoms with E-state index in [2.05, 4.69) is 41.0 Å². The molecule has 1 heterocycles. The molecule has 0 saturated heterocycles. The molecule has 260 valence electrons. The van der Waals surface area contributed by atoms with Crippen molar-refractivity contribution >= 4 is 17.9 Å². The number of imidazole rings is 1. The number of aromatic nitrogens is 2. The predicted molar refractivity (Wildman–Crippen MR) is 184 cm³/mol. The Morgan fingerprint density at radius 1 is 1.13 bits per heavy atom. The van der Waals surface area contributed by atoms with Gasteiger partial charge in [0.1, 0.15) is 6.04 Å². The Balaban J connectivity index is 1.96. The Bertz CT molecular complexity index is 1290. The van der Waals surface area contributed by atoms with Gasteiger partial charge in [0.2, 0.25) is 11.5 Å². The Kier molecular flexibility index (Phi) is 13.6. The zero-order valence-electron chi connectivity index (χ0n) is 29.4. The van der Waals surface area contributed by atoms with Crippen molar-refractivity contribution in [3.63, 3.8) is 0 Å². The van der Waals surface area contributed by atoms with Crippen LogP contribution in [0.25, 0.3) is 0 Å². The first kappa shape index (κ1) is 37.8. The number of aliphatic hydroxyl groups excluding tert-OH is 1. The van der Waals surface area contributed by atoms with Crippen LogP contribution in [0.2, 0.25) is 0 Å². The Morgan fingerprint density at radius 3 is 2.34 bits per heavy atom. The van der Waals surface area contributed by atoms with E-state index in [0.717, 1.165) is 25.7 Å². The lowest BCUT2D eigenvalue weighted by Crippen LogP contribution is -2.58. The maximum atomic E-state index is 14.5. The molecule has 0 spiro atoms. The van der Waals surface area contributed by atoms with E-state index in [1.54, 1.807) is 44.4 Å². The average Bonchev–Trinajstić information content (AvgIpc) is 3.54. The number of hydrogen-bond acceptors (Lipinski definition) is 6. The Labute approximate surface area is 281 Å². The first-order valence-electron chi connectivity index (χ1n) is 17.1. The molecule has 5 atom stereocenters. The average molecular weight is 652 g/mol. The van der Waals surface area contributed by atoms with Crippen molar-refractivity contribution in [1.29, 1.82) is 0 Å². The van der Waals surface area contributed by atoms with Crippen LogP contribution >= 0.6 is 0 Å². The molecular weight excluding hydrogens is 594 g/mol. The highest BCUT2D eigenvalue weighted by Crippen LogP contribution is 2.31. The summed E-state index contributed by atoms with van der Waals surface area (Å²) in [5.74, 6) is -0.195. The van der Waals surface area contributed by atoms with Crippen LogP contribution in [-0.2, 0) is 26.3 Å². The number of H-pyrrole nitrogens is 1. The molecule has 0 aliphatic heterocycles. The molecule has 10 nitrogen and oxygen atoms in total. The molecule has 0 bridgehead atoms. The largest absolute Gasteiger partial charge is 0.428 e. The normalized spacial score (nSPS) is 17.9. The molecule has 4 N–H and O–H groups in total. The lowest BCUT2D eigenvalue weighted by molar-refractivity contribution is -0.155. The minimum Gasteiger partial charge on any atom is -0.428 e. The number of hydrogen-bond donors (Lipinski definition) is 4. The van der Waals surface area contributed by atoms with Gasteiger partial charge in [-0.1, -0.05) is 82.4 Å². The van der Waals surface area contributed by atoms with Crippen molar-refractivity contribution in [3.05, 3.63) is 66.8 Å². The Hall–Kier alpha value is -3.66. The number of nitrogens with one attached hydrogen (secondary N) is 3. The fourth-order valence-electron chi connectivity index (χ4n) is 6.44. The number of carbonyl (C=O) groups excluding carboxylic acids is 3. The van der Waals surface area contributed by atoms with Gasteiger partial charge in [0, 0.05) is 36.5 Å². The highest BCUT2D eigenvalue weighted by molar-refractivity contribution is 5.93. The maximum absolute atomic E-state index is 14.5. The predicted octanol–water partition coefficient (Wildman–Crippen LogP) is 5.88. The lowest BCUT2D eigenvalue weighted by Gasteiger charge is -2.38. The number of benzene rings is 1. The summed E-state index contributed by atoms with van der Waals surface area (Å²) < 4.78 is 5.90.